The molecule has 2 heterocycles. The van der Waals surface area contributed by atoms with E-state index in [1.54, 1.807) is 31.8 Å². The summed E-state index contributed by atoms with van der Waals surface area (Å²) in [4.78, 5) is 5.46. The number of pyridine rings is 1. The average molecular weight is 378 g/mol. The van der Waals surface area contributed by atoms with Gasteiger partial charge in [-0.1, -0.05) is 0 Å². The monoisotopic (exact) mass is 378 g/mol. The van der Waals surface area contributed by atoms with Crippen LogP contribution in [0, 0.1) is 0 Å². The number of hydrogen-bond donors (Lipinski definition) is 1. The molecule has 5 nitrogen and oxygen atoms in total. The lowest BCUT2D eigenvalue weighted by Gasteiger charge is -2.12. The van der Waals surface area contributed by atoms with Crippen molar-refractivity contribution in [1.29, 1.82) is 0 Å². The third kappa shape index (κ3) is 3.27. The largest absolute Gasteiger partial charge is 0.493 e. The van der Waals surface area contributed by atoms with E-state index >= 15 is 0 Å². The number of ether oxygens (including phenoxy) is 3. The zero-order valence-corrected chi connectivity index (χ0v) is 15.7. The van der Waals surface area contributed by atoms with Crippen molar-refractivity contribution in [1.82, 2.24) is 4.98 Å². The number of aromatic nitrogens is 1. The van der Waals surface area contributed by atoms with Gasteiger partial charge in [0.2, 0.25) is 0 Å². The van der Waals surface area contributed by atoms with E-state index in [1.165, 1.54) is 0 Å². The molecule has 0 aliphatic heterocycles. The Bertz CT molecular complexity index is 1090. The minimum atomic E-state index is 0.631. The molecule has 4 rings (SSSR count). The molecule has 0 amide bonds. The van der Waals surface area contributed by atoms with Crippen molar-refractivity contribution >= 4 is 27.9 Å². The molecule has 0 atom stereocenters. The van der Waals surface area contributed by atoms with Crippen LogP contribution in [0.5, 0.6) is 23.0 Å². The Balaban J connectivity index is 1.68. The highest BCUT2D eigenvalue weighted by Crippen LogP contribution is 2.37. The molecule has 0 bridgehead atoms. The van der Waals surface area contributed by atoms with Crippen LogP contribution in [0.1, 0.15) is 0 Å². The fourth-order valence-corrected chi connectivity index (χ4v) is 3.72. The maximum absolute atomic E-state index is 6.10. The first-order valence-electron chi connectivity index (χ1n) is 8.31. The van der Waals surface area contributed by atoms with E-state index in [1.807, 2.05) is 53.9 Å². The van der Waals surface area contributed by atoms with Gasteiger partial charge in [-0.3, -0.25) is 4.98 Å². The Morgan fingerprint density at radius 2 is 1.63 bits per heavy atom. The highest BCUT2D eigenvalue weighted by molar-refractivity contribution is 7.14. The zero-order valence-electron chi connectivity index (χ0n) is 14.9. The van der Waals surface area contributed by atoms with Crippen LogP contribution >= 0.6 is 11.3 Å². The predicted molar refractivity (Wildman–Crippen MR) is 109 cm³/mol. The highest BCUT2D eigenvalue weighted by atomic mass is 32.1. The van der Waals surface area contributed by atoms with Gasteiger partial charge in [-0.15, -0.1) is 11.3 Å². The minimum absolute atomic E-state index is 0.631. The number of thiophene rings is 1. The van der Waals surface area contributed by atoms with E-state index in [-0.39, 0.29) is 0 Å². The number of nitrogens with two attached hydrogens (primary N) is 1. The summed E-state index contributed by atoms with van der Waals surface area (Å²) < 4.78 is 16.8. The van der Waals surface area contributed by atoms with E-state index in [4.69, 9.17) is 19.9 Å². The summed E-state index contributed by atoms with van der Waals surface area (Å²) in [5.41, 5.74) is 8.63. The molecule has 136 valence electrons. The van der Waals surface area contributed by atoms with Crippen molar-refractivity contribution in [2.24, 2.45) is 0 Å². The van der Waals surface area contributed by atoms with Crippen LogP contribution in [0.4, 0.5) is 5.69 Å². The van der Waals surface area contributed by atoms with Crippen molar-refractivity contribution in [3.8, 4) is 33.4 Å². The fourth-order valence-electron chi connectivity index (χ4n) is 2.89. The van der Waals surface area contributed by atoms with Crippen molar-refractivity contribution < 1.29 is 14.2 Å². The Kier molecular flexibility index (Phi) is 4.56. The molecule has 0 saturated heterocycles. The van der Waals surface area contributed by atoms with E-state index in [2.05, 4.69) is 4.98 Å². The molecule has 27 heavy (non-hydrogen) atoms. The van der Waals surface area contributed by atoms with Gasteiger partial charge in [-0.2, -0.15) is 0 Å². The molecule has 0 saturated carbocycles. The van der Waals surface area contributed by atoms with Crippen molar-refractivity contribution in [2.45, 2.75) is 0 Å². The molecule has 2 N–H and O–H groups in total. The van der Waals surface area contributed by atoms with Gasteiger partial charge in [0.15, 0.2) is 11.5 Å². The molecule has 0 spiro atoms. The summed E-state index contributed by atoms with van der Waals surface area (Å²) in [6.07, 6.45) is 1.71. The van der Waals surface area contributed by atoms with E-state index < -0.39 is 0 Å². The molecule has 0 aliphatic carbocycles. The van der Waals surface area contributed by atoms with Crippen LogP contribution in [0.3, 0.4) is 0 Å². The summed E-state index contributed by atoms with van der Waals surface area (Å²) in [5.74, 6) is 2.69. The van der Waals surface area contributed by atoms with E-state index in [0.29, 0.717) is 17.2 Å². The lowest BCUT2D eigenvalue weighted by atomic mass is 10.1. The lowest BCUT2D eigenvalue weighted by molar-refractivity contribution is 0.355. The summed E-state index contributed by atoms with van der Waals surface area (Å²) >= 11 is 1.62. The normalized spacial score (nSPS) is 10.7. The molecule has 0 unspecified atom stereocenters. The van der Waals surface area contributed by atoms with Crippen LogP contribution in [-0.2, 0) is 0 Å². The Labute approximate surface area is 160 Å². The quantitative estimate of drug-likeness (QED) is 0.507. The molecule has 2 aromatic carbocycles. The van der Waals surface area contributed by atoms with Crippen LogP contribution < -0.4 is 19.9 Å². The highest BCUT2D eigenvalue weighted by Gasteiger charge is 2.11. The summed E-state index contributed by atoms with van der Waals surface area (Å²) in [5, 5.41) is 2.83. The number of rotatable bonds is 5. The van der Waals surface area contributed by atoms with E-state index in [9.17, 15) is 0 Å². The molecule has 0 aliphatic rings. The molecule has 0 radical (unpaired) electrons. The van der Waals surface area contributed by atoms with Crippen molar-refractivity contribution in [3.63, 3.8) is 0 Å². The number of nitrogen functional groups attached to an aromatic ring is 1. The number of hydrogen-bond acceptors (Lipinski definition) is 6. The van der Waals surface area contributed by atoms with Crippen LogP contribution in [0.2, 0.25) is 0 Å². The molecule has 2 aromatic heterocycles. The standard InChI is InChI=1S/C21H18N2O3S/c1-24-19-11-15-17(12-20(19)25-2)23-9-7-18(15)26-14-5-3-13(4-6-14)21-16(22)8-10-27-21/h3-12H,22H2,1-2H3. The first-order chi connectivity index (χ1) is 13.2. The lowest BCUT2D eigenvalue weighted by Crippen LogP contribution is -1.93. The smallest absolute Gasteiger partial charge is 0.162 e. The maximum Gasteiger partial charge on any atom is 0.162 e. The average Bonchev–Trinajstić information content (AvgIpc) is 3.13. The summed E-state index contributed by atoms with van der Waals surface area (Å²) in [6.45, 7) is 0. The number of methoxy groups -OCH3 is 2. The zero-order chi connectivity index (χ0) is 18.8. The fraction of sp³-hybridized carbons (Fsp3) is 0.0952. The van der Waals surface area contributed by atoms with Gasteiger partial charge in [-0.05, 0) is 53.4 Å². The third-order valence-corrected chi connectivity index (χ3v) is 5.23. The minimum Gasteiger partial charge on any atom is -0.493 e. The molecule has 0 fully saturated rings. The SMILES string of the molecule is COc1cc2nccc(Oc3ccc(-c4sccc4N)cc3)c2cc1OC. The maximum atomic E-state index is 6.10. The number of benzene rings is 2. The van der Waals surface area contributed by atoms with Crippen LogP contribution in [-0.4, -0.2) is 19.2 Å². The number of anilines is 1. The molecule has 4 aromatic rings. The van der Waals surface area contributed by atoms with Gasteiger partial charge in [-0.25, -0.2) is 0 Å². The van der Waals surface area contributed by atoms with Gasteiger partial charge in [0.05, 0.1) is 30.3 Å². The van der Waals surface area contributed by atoms with Crippen LogP contribution in [0.15, 0.2) is 60.1 Å². The molecule has 6 heteroatoms. The molecular weight excluding hydrogens is 360 g/mol. The second-order valence-electron chi connectivity index (χ2n) is 5.86. The summed E-state index contributed by atoms with van der Waals surface area (Å²) in [7, 11) is 3.21. The Morgan fingerprint density at radius 1 is 0.889 bits per heavy atom. The van der Waals surface area contributed by atoms with Gasteiger partial charge < -0.3 is 19.9 Å². The van der Waals surface area contributed by atoms with Crippen molar-refractivity contribution in [3.05, 3.63) is 60.1 Å². The number of fused-ring (bicyclic) bond motifs is 1. The second kappa shape index (κ2) is 7.17. The first kappa shape index (κ1) is 17.2. The first-order valence-corrected chi connectivity index (χ1v) is 9.19. The van der Waals surface area contributed by atoms with Gasteiger partial charge >= 0.3 is 0 Å². The predicted octanol–water partition coefficient (Wildman–Crippen LogP) is 5.36. The van der Waals surface area contributed by atoms with Gasteiger partial charge in [0.1, 0.15) is 11.5 Å². The third-order valence-electron chi connectivity index (χ3n) is 4.25. The number of nitrogens with zero attached hydrogens (tertiary/aromatic N) is 1. The Hall–Kier alpha value is -3.25. The van der Waals surface area contributed by atoms with E-state index in [0.717, 1.165) is 32.8 Å². The molecular formula is C21H18N2O3S. The van der Waals surface area contributed by atoms with Crippen molar-refractivity contribution in [2.75, 3.05) is 20.0 Å². The van der Waals surface area contributed by atoms with Crippen LogP contribution in [0.25, 0.3) is 21.3 Å². The van der Waals surface area contributed by atoms with Gasteiger partial charge in [0, 0.05) is 17.6 Å². The summed E-state index contributed by atoms with van der Waals surface area (Å²) in [6, 6.07) is 15.3. The Morgan fingerprint density at radius 3 is 2.30 bits per heavy atom. The topological polar surface area (TPSA) is 66.6 Å². The second-order valence-corrected chi connectivity index (χ2v) is 6.78. The van der Waals surface area contributed by atoms with Gasteiger partial charge in [0.25, 0.3) is 0 Å².